The van der Waals surface area contributed by atoms with Gasteiger partial charge in [0.05, 0.1) is 18.2 Å². The molecular formula is C12H14FO3S. The van der Waals surface area contributed by atoms with Gasteiger partial charge in [0.25, 0.3) is 0 Å². The van der Waals surface area contributed by atoms with Crippen molar-refractivity contribution in [2.75, 3.05) is 19.5 Å². The molecule has 0 saturated heterocycles. The number of ether oxygens (including phenoxy) is 1. The molecule has 0 spiro atoms. The standard InChI is InChI=1S/C12H14FO3S/c1-17(14,15)11-4-2-10(3-5-11)16-9-12(8-13)6-7-12/h2,4-5H,6-9H2,1H3. The lowest BCUT2D eigenvalue weighted by molar-refractivity contribution is 0.199. The van der Waals surface area contributed by atoms with E-state index in [1.165, 1.54) is 12.1 Å². The fourth-order valence-electron chi connectivity index (χ4n) is 1.44. The van der Waals surface area contributed by atoms with Gasteiger partial charge in [-0.3, -0.25) is 4.39 Å². The number of alkyl halides is 1. The van der Waals surface area contributed by atoms with E-state index in [2.05, 4.69) is 6.07 Å². The minimum Gasteiger partial charge on any atom is -0.492 e. The molecule has 0 atom stereocenters. The minimum atomic E-state index is -3.20. The highest BCUT2D eigenvalue weighted by molar-refractivity contribution is 7.90. The topological polar surface area (TPSA) is 43.4 Å². The Morgan fingerprint density at radius 1 is 1.47 bits per heavy atom. The van der Waals surface area contributed by atoms with Gasteiger partial charge in [-0.2, -0.15) is 0 Å². The first kappa shape index (κ1) is 12.4. The summed E-state index contributed by atoms with van der Waals surface area (Å²) >= 11 is 0. The van der Waals surface area contributed by atoms with Crippen molar-refractivity contribution in [1.82, 2.24) is 0 Å². The van der Waals surface area contributed by atoms with Crippen LogP contribution in [-0.2, 0) is 9.84 Å². The summed E-state index contributed by atoms with van der Waals surface area (Å²) in [5.74, 6) is 0.456. The Kier molecular flexibility index (Phi) is 3.12. The number of hydrogen-bond donors (Lipinski definition) is 0. The molecule has 0 N–H and O–H groups in total. The molecule has 1 saturated carbocycles. The van der Waals surface area contributed by atoms with E-state index in [-0.39, 0.29) is 17.0 Å². The quantitative estimate of drug-likeness (QED) is 0.810. The maximum Gasteiger partial charge on any atom is 0.175 e. The zero-order valence-corrected chi connectivity index (χ0v) is 10.4. The van der Waals surface area contributed by atoms with Gasteiger partial charge in [0, 0.05) is 17.7 Å². The zero-order chi connectivity index (χ0) is 12.5. The molecule has 17 heavy (non-hydrogen) atoms. The Morgan fingerprint density at radius 3 is 2.59 bits per heavy atom. The van der Waals surface area contributed by atoms with E-state index < -0.39 is 9.84 Å². The van der Waals surface area contributed by atoms with Crippen molar-refractivity contribution < 1.29 is 17.5 Å². The highest BCUT2D eigenvalue weighted by Gasteiger charge is 2.43. The molecule has 0 aliphatic heterocycles. The van der Waals surface area contributed by atoms with Gasteiger partial charge >= 0.3 is 0 Å². The summed E-state index contributed by atoms with van der Waals surface area (Å²) in [5.41, 5.74) is -0.302. The fourth-order valence-corrected chi connectivity index (χ4v) is 2.03. The maximum atomic E-state index is 12.6. The molecule has 1 fully saturated rings. The molecule has 0 heterocycles. The van der Waals surface area contributed by atoms with Crippen LogP contribution in [0.3, 0.4) is 0 Å². The third-order valence-electron chi connectivity index (χ3n) is 2.96. The second-order valence-corrected chi connectivity index (χ2v) is 6.60. The summed E-state index contributed by atoms with van der Waals surface area (Å²) in [6, 6.07) is 7.13. The lowest BCUT2D eigenvalue weighted by Gasteiger charge is -2.12. The van der Waals surface area contributed by atoms with E-state index >= 15 is 0 Å². The van der Waals surface area contributed by atoms with Crippen LogP contribution < -0.4 is 4.74 Å². The molecule has 0 unspecified atom stereocenters. The van der Waals surface area contributed by atoms with Gasteiger partial charge in [-0.1, -0.05) is 0 Å². The highest BCUT2D eigenvalue weighted by atomic mass is 32.2. The Labute approximate surface area is 101 Å². The number of benzene rings is 1. The number of halogens is 1. The molecule has 0 aromatic heterocycles. The molecule has 0 bridgehead atoms. The van der Waals surface area contributed by atoms with Crippen LogP contribution in [0, 0.1) is 11.5 Å². The van der Waals surface area contributed by atoms with Gasteiger partial charge in [0.1, 0.15) is 5.75 Å². The predicted molar refractivity (Wildman–Crippen MR) is 61.5 cm³/mol. The van der Waals surface area contributed by atoms with Crippen molar-refractivity contribution >= 4 is 9.84 Å². The van der Waals surface area contributed by atoms with Crippen LogP contribution in [0.2, 0.25) is 0 Å². The van der Waals surface area contributed by atoms with Crippen molar-refractivity contribution in [1.29, 1.82) is 0 Å². The van der Waals surface area contributed by atoms with Crippen molar-refractivity contribution in [2.45, 2.75) is 17.7 Å². The van der Waals surface area contributed by atoms with Gasteiger partial charge in [-0.25, -0.2) is 8.42 Å². The van der Waals surface area contributed by atoms with Crippen molar-refractivity contribution in [3.05, 3.63) is 24.3 Å². The number of sulfone groups is 1. The summed E-state index contributed by atoms with van der Waals surface area (Å²) in [5, 5.41) is 0. The smallest absolute Gasteiger partial charge is 0.175 e. The van der Waals surface area contributed by atoms with Gasteiger partial charge in [-0.15, -0.1) is 0 Å². The molecule has 1 radical (unpaired) electrons. The second-order valence-electron chi connectivity index (χ2n) is 4.58. The van der Waals surface area contributed by atoms with Crippen molar-refractivity contribution in [3.8, 4) is 5.75 Å². The highest BCUT2D eigenvalue weighted by Crippen LogP contribution is 2.46. The normalized spacial score (nSPS) is 17.8. The van der Waals surface area contributed by atoms with E-state index in [1.807, 2.05) is 0 Å². The number of rotatable bonds is 5. The molecule has 93 valence electrons. The van der Waals surface area contributed by atoms with Crippen LogP contribution in [0.15, 0.2) is 23.1 Å². The third kappa shape index (κ3) is 2.97. The molecular weight excluding hydrogens is 243 g/mol. The lowest BCUT2D eigenvalue weighted by atomic mass is 10.1. The Hall–Kier alpha value is -1.10. The summed E-state index contributed by atoms with van der Waals surface area (Å²) < 4.78 is 40.4. The first-order valence-corrected chi connectivity index (χ1v) is 7.25. The molecule has 1 aromatic carbocycles. The Morgan fingerprint density at radius 2 is 2.18 bits per heavy atom. The van der Waals surface area contributed by atoms with Crippen LogP contribution in [0.1, 0.15) is 12.8 Å². The SMILES string of the molecule is CS(=O)(=O)c1c[c]c(OCC2(CF)CC2)cc1. The Bertz CT molecular complexity index is 489. The minimum absolute atomic E-state index is 0.205. The Balaban J connectivity index is 1.99. The van der Waals surface area contributed by atoms with Crippen molar-refractivity contribution in [2.24, 2.45) is 5.41 Å². The van der Waals surface area contributed by atoms with Gasteiger partial charge in [0.15, 0.2) is 9.84 Å². The largest absolute Gasteiger partial charge is 0.492 e. The summed E-state index contributed by atoms with van der Waals surface area (Å²) in [6.07, 6.45) is 2.84. The van der Waals surface area contributed by atoms with Crippen LogP contribution in [0.4, 0.5) is 4.39 Å². The van der Waals surface area contributed by atoms with Crippen molar-refractivity contribution in [3.63, 3.8) is 0 Å². The van der Waals surface area contributed by atoms with E-state index in [0.29, 0.717) is 12.4 Å². The van der Waals surface area contributed by atoms with Crippen LogP contribution in [0.25, 0.3) is 0 Å². The monoisotopic (exact) mass is 257 g/mol. The lowest BCUT2D eigenvalue weighted by Crippen LogP contribution is -2.15. The first-order valence-electron chi connectivity index (χ1n) is 5.36. The van der Waals surface area contributed by atoms with E-state index in [9.17, 15) is 12.8 Å². The first-order chi connectivity index (χ1) is 7.95. The molecule has 5 heteroatoms. The molecule has 0 amide bonds. The van der Waals surface area contributed by atoms with Crippen LogP contribution in [0.5, 0.6) is 5.75 Å². The molecule has 1 aromatic rings. The van der Waals surface area contributed by atoms with E-state index in [0.717, 1.165) is 19.1 Å². The van der Waals surface area contributed by atoms with E-state index in [4.69, 9.17) is 4.74 Å². The predicted octanol–water partition coefficient (Wildman–Crippen LogP) is 2.02. The molecule has 1 aliphatic rings. The second kappa shape index (κ2) is 4.29. The summed E-state index contributed by atoms with van der Waals surface area (Å²) in [4.78, 5) is 0.205. The summed E-state index contributed by atoms with van der Waals surface area (Å²) in [7, 11) is -3.20. The van der Waals surface area contributed by atoms with Gasteiger partial charge < -0.3 is 4.74 Å². The van der Waals surface area contributed by atoms with Gasteiger partial charge in [0.2, 0.25) is 0 Å². The van der Waals surface area contributed by atoms with Gasteiger partial charge in [-0.05, 0) is 31.0 Å². The average molecular weight is 257 g/mol. The fraction of sp³-hybridized carbons (Fsp3) is 0.500. The average Bonchev–Trinajstić information content (AvgIpc) is 3.06. The van der Waals surface area contributed by atoms with E-state index in [1.54, 1.807) is 6.07 Å². The molecule has 2 rings (SSSR count). The van der Waals surface area contributed by atoms with Crippen LogP contribution >= 0.6 is 0 Å². The molecule has 3 nitrogen and oxygen atoms in total. The zero-order valence-electron chi connectivity index (χ0n) is 9.57. The maximum absolute atomic E-state index is 12.6. The third-order valence-corrected chi connectivity index (χ3v) is 4.07. The molecule has 1 aliphatic carbocycles. The van der Waals surface area contributed by atoms with Crippen LogP contribution in [-0.4, -0.2) is 28.0 Å². The number of hydrogen-bond acceptors (Lipinski definition) is 3. The summed E-state index contributed by atoms with van der Waals surface area (Å²) in [6.45, 7) is -0.0351.